The second-order valence-electron chi connectivity index (χ2n) is 4.23. The third kappa shape index (κ3) is 3.79. The number of anilines is 1. The lowest BCUT2D eigenvalue weighted by molar-refractivity contribution is 0.0977. The lowest BCUT2D eigenvalue weighted by atomic mass is 10.1. The van der Waals surface area contributed by atoms with Gasteiger partial charge >= 0.3 is 0 Å². The molecule has 0 bridgehead atoms. The Morgan fingerprint density at radius 2 is 1.75 bits per heavy atom. The Morgan fingerprint density at radius 1 is 1.10 bits per heavy atom. The minimum Gasteiger partial charge on any atom is -0.332 e. The van der Waals surface area contributed by atoms with E-state index in [0.717, 1.165) is 11.3 Å². The van der Waals surface area contributed by atoms with E-state index in [4.69, 9.17) is 23.8 Å². The summed E-state index contributed by atoms with van der Waals surface area (Å²) in [5.74, 6) is -0.227. The molecule has 102 valence electrons. The lowest BCUT2D eigenvalue weighted by Gasteiger charge is -2.10. The van der Waals surface area contributed by atoms with E-state index in [2.05, 4.69) is 10.6 Å². The molecule has 0 aliphatic carbocycles. The van der Waals surface area contributed by atoms with Crippen LogP contribution < -0.4 is 10.6 Å². The number of carbonyl (C=O) groups is 1. The average Bonchev–Trinajstić information content (AvgIpc) is 2.41. The van der Waals surface area contributed by atoms with Gasteiger partial charge in [-0.05, 0) is 55.0 Å². The van der Waals surface area contributed by atoms with Crippen LogP contribution in [0.5, 0.6) is 0 Å². The number of thiocarbonyl (C=S) groups is 1. The predicted octanol–water partition coefficient (Wildman–Crippen LogP) is 3.78. The SMILES string of the molecule is Cc1ccccc1C(=O)NC(=S)Nc1ccc(Cl)cc1. The quantitative estimate of drug-likeness (QED) is 0.830. The molecule has 0 atom stereocenters. The van der Waals surface area contributed by atoms with Crippen molar-refractivity contribution >= 4 is 40.5 Å². The summed E-state index contributed by atoms with van der Waals surface area (Å²) in [5, 5.41) is 6.47. The number of nitrogens with one attached hydrogen (secondary N) is 2. The molecule has 0 aliphatic rings. The molecular weight excluding hydrogens is 292 g/mol. The summed E-state index contributed by atoms with van der Waals surface area (Å²) in [6.07, 6.45) is 0. The van der Waals surface area contributed by atoms with Gasteiger partial charge in [0.05, 0.1) is 0 Å². The first-order chi connectivity index (χ1) is 9.56. The van der Waals surface area contributed by atoms with Crippen molar-refractivity contribution in [1.29, 1.82) is 0 Å². The molecule has 0 unspecified atom stereocenters. The fourth-order valence-electron chi connectivity index (χ4n) is 1.69. The van der Waals surface area contributed by atoms with Crippen LogP contribution in [-0.4, -0.2) is 11.0 Å². The number of aryl methyl sites for hydroxylation is 1. The van der Waals surface area contributed by atoms with E-state index in [1.807, 2.05) is 25.1 Å². The maximum absolute atomic E-state index is 12.1. The van der Waals surface area contributed by atoms with E-state index in [-0.39, 0.29) is 11.0 Å². The fourth-order valence-corrected chi connectivity index (χ4v) is 2.03. The Morgan fingerprint density at radius 3 is 2.40 bits per heavy atom. The maximum Gasteiger partial charge on any atom is 0.257 e. The second kappa shape index (κ2) is 6.50. The van der Waals surface area contributed by atoms with Gasteiger partial charge in [-0.3, -0.25) is 10.1 Å². The van der Waals surface area contributed by atoms with E-state index in [0.29, 0.717) is 10.6 Å². The normalized spacial score (nSPS) is 9.90. The number of carbonyl (C=O) groups excluding carboxylic acids is 1. The number of hydrogen-bond acceptors (Lipinski definition) is 2. The van der Waals surface area contributed by atoms with Crippen LogP contribution in [0.1, 0.15) is 15.9 Å². The van der Waals surface area contributed by atoms with E-state index < -0.39 is 0 Å². The Bertz CT molecular complexity index is 641. The zero-order chi connectivity index (χ0) is 14.5. The maximum atomic E-state index is 12.1. The van der Waals surface area contributed by atoms with E-state index in [1.54, 1.807) is 30.3 Å². The predicted molar refractivity (Wildman–Crippen MR) is 86.3 cm³/mol. The lowest BCUT2D eigenvalue weighted by Crippen LogP contribution is -2.34. The van der Waals surface area contributed by atoms with Crippen molar-refractivity contribution in [3.63, 3.8) is 0 Å². The first-order valence-corrected chi connectivity index (χ1v) is 6.78. The zero-order valence-corrected chi connectivity index (χ0v) is 12.4. The first kappa shape index (κ1) is 14.5. The van der Waals surface area contributed by atoms with Crippen LogP contribution in [0, 0.1) is 6.92 Å². The molecular formula is C15H13ClN2OS. The van der Waals surface area contributed by atoms with Gasteiger partial charge in [-0.25, -0.2) is 0 Å². The number of hydrogen-bond donors (Lipinski definition) is 2. The van der Waals surface area contributed by atoms with Crippen molar-refractivity contribution in [1.82, 2.24) is 5.32 Å². The van der Waals surface area contributed by atoms with Gasteiger partial charge in [-0.1, -0.05) is 29.8 Å². The van der Waals surface area contributed by atoms with Gasteiger partial charge in [-0.15, -0.1) is 0 Å². The van der Waals surface area contributed by atoms with Crippen LogP contribution in [0.2, 0.25) is 5.02 Å². The van der Waals surface area contributed by atoms with Crippen molar-refractivity contribution in [3.05, 3.63) is 64.7 Å². The summed E-state index contributed by atoms with van der Waals surface area (Å²) in [7, 11) is 0. The monoisotopic (exact) mass is 304 g/mol. The van der Waals surface area contributed by atoms with Gasteiger partial charge in [0.1, 0.15) is 0 Å². The van der Waals surface area contributed by atoms with E-state index in [9.17, 15) is 4.79 Å². The summed E-state index contributed by atoms with van der Waals surface area (Å²) >= 11 is 10.9. The van der Waals surface area contributed by atoms with Crippen LogP contribution in [0.4, 0.5) is 5.69 Å². The van der Waals surface area contributed by atoms with Gasteiger partial charge in [0.15, 0.2) is 5.11 Å². The molecule has 0 aromatic heterocycles. The zero-order valence-electron chi connectivity index (χ0n) is 10.8. The van der Waals surface area contributed by atoms with Crippen LogP contribution >= 0.6 is 23.8 Å². The van der Waals surface area contributed by atoms with E-state index in [1.165, 1.54) is 0 Å². The van der Waals surface area contributed by atoms with Gasteiger partial charge < -0.3 is 5.32 Å². The van der Waals surface area contributed by atoms with E-state index >= 15 is 0 Å². The molecule has 2 aromatic rings. The Labute approximate surface area is 128 Å². The highest BCUT2D eigenvalue weighted by Crippen LogP contribution is 2.13. The summed E-state index contributed by atoms with van der Waals surface area (Å²) < 4.78 is 0. The molecule has 0 aliphatic heterocycles. The Hall–Kier alpha value is -1.91. The molecule has 20 heavy (non-hydrogen) atoms. The highest BCUT2D eigenvalue weighted by molar-refractivity contribution is 7.80. The molecule has 2 N–H and O–H groups in total. The highest BCUT2D eigenvalue weighted by Gasteiger charge is 2.09. The minimum absolute atomic E-state index is 0.227. The second-order valence-corrected chi connectivity index (χ2v) is 5.07. The summed E-state index contributed by atoms with van der Waals surface area (Å²) in [5.41, 5.74) is 2.27. The van der Waals surface area contributed by atoms with Gasteiger partial charge in [0.2, 0.25) is 0 Å². The Balaban J connectivity index is 2.00. The largest absolute Gasteiger partial charge is 0.332 e. The molecule has 0 saturated heterocycles. The first-order valence-electron chi connectivity index (χ1n) is 6.00. The summed E-state index contributed by atoms with van der Waals surface area (Å²) in [6, 6.07) is 14.4. The van der Waals surface area contributed by atoms with Crippen molar-refractivity contribution < 1.29 is 4.79 Å². The van der Waals surface area contributed by atoms with Gasteiger partial charge in [0.25, 0.3) is 5.91 Å². The number of rotatable bonds is 2. The van der Waals surface area contributed by atoms with Crippen LogP contribution in [-0.2, 0) is 0 Å². The molecule has 3 nitrogen and oxygen atoms in total. The third-order valence-electron chi connectivity index (χ3n) is 2.72. The molecule has 0 spiro atoms. The highest BCUT2D eigenvalue weighted by atomic mass is 35.5. The number of amides is 1. The minimum atomic E-state index is -0.227. The third-order valence-corrected chi connectivity index (χ3v) is 3.17. The summed E-state index contributed by atoms with van der Waals surface area (Å²) in [6.45, 7) is 1.88. The standard InChI is InChI=1S/C15H13ClN2OS/c1-10-4-2-3-5-13(10)14(19)18-15(20)17-12-8-6-11(16)7-9-12/h2-9H,1H3,(H2,17,18,19,20). The molecule has 0 heterocycles. The average molecular weight is 305 g/mol. The molecule has 2 rings (SSSR count). The van der Waals surface area contributed by atoms with Gasteiger partial charge in [0, 0.05) is 16.3 Å². The fraction of sp³-hybridized carbons (Fsp3) is 0.0667. The smallest absolute Gasteiger partial charge is 0.257 e. The topological polar surface area (TPSA) is 41.1 Å². The molecule has 0 saturated carbocycles. The van der Waals surface area contributed by atoms with Crippen molar-refractivity contribution in [2.45, 2.75) is 6.92 Å². The van der Waals surface area contributed by atoms with Crippen LogP contribution in [0.25, 0.3) is 0 Å². The van der Waals surface area contributed by atoms with Crippen molar-refractivity contribution in [2.75, 3.05) is 5.32 Å². The number of halogens is 1. The van der Waals surface area contributed by atoms with Crippen LogP contribution in [0.3, 0.4) is 0 Å². The molecule has 0 fully saturated rings. The number of benzene rings is 2. The Kier molecular flexibility index (Phi) is 4.71. The molecule has 2 aromatic carbocycles. The summed E-state index contributed by atoms with van der Waals surface area (Å²) in [4.78, 5) is 12.1. The molecule has 1 amide bonds. The van der Waals surface area contributed by atoms with Crippen LogP contribution in [0.15, 0.2) is 48.5 Å². The van der Waals surface area contributed by atoms with Gasteiger partial charge in [-0.2, -0.15) is 0 Å². The molecule has 0 radical (unpaired) electrons. The molecule has 5 heteroatoms. The van der Waals surface area contributed by atoms with Crippen molar-refractivity contribution in [3.8, 4) is 0 Å². The van der Waals surface area contributed by atoms with Crippen molar-refractivity contribution in [2.24, 2.45) is 0 Å².